The molecule has 0 aromatic rings. The molecule has 0 aromatic heterocycles. The monoisotopic (exact) mass is 374 g/mol. The molecule has 0 radical (unpaired) electrons. The maximum absolute atomic E-state index is 4.47. The van der Waals surface area contributed by atoms with Crippen LogP contribution in [0.1, 0.15) is 100 Å². The topological polar surface area (TPSA) is 0 Å². The average molecular weight is 375 g/mol. The third kappa shape index (κ3) is 9.82. The van der Waals surface area contributed by atoms with Crippen LogP contribution in [-0.2, 0) is 0 Å². The third-order valence-corrected chi connectivity index (χ3v) is 6.23. The first-order valence-corrected chi connectivity index (χ1v) is 11.6. The summed E-state index contributed by atoms with van der Waals surface area (Å²) in [5.74, 6) is 4.42. The van der Waals surface area contributed by atoms with E-state index in [9.17, 15) is 0 Å². The van der Waals surface area contributed by atoms with Gasteiger partial charge in [0.1, 0.15) is 0 Å². The molecule has 0 spiro atoms. The second-order valence-electron chi connectivity index (χ2n) is 9.76. The molecule has 1 rings (SSSR count). The molecule has 0 nitrogen and oxygen atoms in total. The van der Waals surface area contributed by atoms with Gasteiger partial charge in [-0.05, 0) is 80.5 Å². The summed E-state index contributed by atoms with van der Waals surface area (Å²) in [5, 5.41) is 0. The molecule has 0 amide bonds. The van der Waals surface area contributed by atoms with E-state index in [0.29, 0.717) is 11.8 Å². The molecule has 1 aliphatic rings. The minimum absolute atomic E-state index is 0.641. The van der Waals surface area contributed by atoms with Crippen LogP contribution >= 0.6 is 0 Å². The molecule has 1 saturated carbocycles. The standard InChI is InChI=1S/C25H44.C2H6/c1-17(2)10-11-20(7)14-21(8)24(18(3)4)13-12-23-15-22(9)25(16-23)19(5)6;1-2/h17-19,23-25H,7-16H2,1-6H3;1-2H3/t23?,24?,25-;/m0./s1. The van der Waals surface area contributed by atoms with E-state index < -0.39 is 0 Å². The molecule has 0 saturated heterocycles. The fourth-order valence-corrected chi connectivity index (χ4v) is 4.55. The van der Waals surface area contributed by atoms with Crippen LogP contribution in [0.2, 0.25) is 0 Å². The van der Waals surface area contributed by atoms with E-state index in [1.165, 1.54) is 48.8 Å². The molecule has 0 aliphatic heterocycles. The maximum Gasteiger partial charge on any atom is -0.0111 e. The van der Waals surface area contributed by atoms with Crippen molar-refractivity contribution in [2.75, 3.05) is 0 Å². The van der Waals surface area contributed by atoms with Gasteiger partial charge < -0.3 is 0 Å². The van der Waals surface area contributed by atoms with Gasteiger partial charge in [0.05, 0.1) is 0 Å². The molecule has 158 valence electrons. The molecular formula is C27H50. The zero-order chi connectivity index (χ0) is 21.1. The van der Waals surface area contributed by atoms with Crippen LogP contribution in [0, 0.1) is 35.5 Å². The maximum atomic E-state index is 4.47. The highest BCUT2D eigenvalue weighted by atomic mass is 14.4. The number of hydrogen-bond donors (Lipinski definition) is 0. The van der Waals surface area contributed by atoms with Gasteiger partial charge in [0.15, 0.2) is 0 Å². The van der Waals surface area contributed by atoms with Crippen LogP contribution in [-0.4, -0.2) is 0 Å². The summed E-state index contributed by atoms with van der Waals surface area (Å²) in [4.78, 5) is 0. The second kappa shape index (κ2) is 13.4. The van der Waals surface area contributed by atoms with Crippen molar-refractivity contribution in [1.82, 2.24) is 0 Å². The quantitative estimate of drug-likeness (QED) is 0.316. The van der Waals surface area contributed by atoms with Crippen molar-refractivity contribution in [3.05, 3.63) is 36.5 Å². The predicted octanol–water partition coefficient (Wildman–Crippen LogP) is 9.24. The van der Waals surface area contributed by atoms with E-state index in [1.807, 2.05) is 13.8 Å². The third-order valence-electron chi connectivity index (χ3n) is 6.23. The van der Waals surface area contributed by atoms with E-state index in [0.717, 1.165) is 36.5 Å². The van der Waals surface area contributed by atoms with Crippen LogP contribution < -0.4 is 0 Å². The second-order valence-corrected chi connectivity index (χ2v) is 9.76. The van der Waals surface area contributed by atoms with Gasteiger partial charge in [0.25, 0.3) is 0 Å². The van der Waals surface area contributed by atoms with Gasteiger partial charge in [0.2, 0.25) is 0 Å². The molecule has 0 bridgehead atoms. The first kappa shape index (κ1) is 26.2. The fourth-order valence-electron chi connectivity index (χ4n) is 4.55. The Morgan fingerprint density at radius 3 is 2.04 bits per heavy atom. The predicted molar refractivity (Wildman–Crippen MR) is 126 cm³/mol. The molecule has 3 atom stereocenters. The highest BCUT2D eigenvalue weighted by Crippen LogP contribution is 2.42. The summed E-state index contributed by atoms with van der Waals surface area (Å²) >= 11 is 0. The summed E-state index contributed by atoms with van der Waals surface area (Å²) in [6.45, 7) is 31.1. The first-order chi connectivity index (χ1) is 12.6. The smallest absolute Gasteiger partial charge is 0.0111 e. The largest absolute Gasteiger partial charge is 0.0996 e. The van der Waals surface area contributed by atoms with Crippen molar-refractivity contribution in [1.29, 1.82) is 0 Å². The van der Waals surface area contributed by atoms with E-state index in [4.69, 9.17) is 0 Å². The molecule has 0 heteroatoms. The van der Waals surface area contributed by atoms with Crippen LogP contribution in [0.5, 0.6) is 0 Å². The van der Waals surface area contributed by atoms with E-state index in [2.05, 4.69) is 61.3 Å². The van der Waals surface area contributed by atoms with Crippen LogP contribution in [0.25, 0.3) is 0 Å². The molecular weight excluding hydrogens is 324 g/mol. The van der Waals surface area contributed by atoms with Gasteiger partial charge in [-0.1, -0.05) is 91.8 Å². The molecule has 0 aromatic carbocycles. The zero-order valence-electron chi connectivity index (χ0n) is 20.0. The number of hydrogen-bond acceptors (Lipinski definition) is 0. The van der Waals surface area contributed by atoms with Gasteiger partial charge in [-0.15, -0.1) is 0 Å². The normalized spacial score (nSPS) is 20.8. The van der Waals surface area contributed by atoms with Crippen molar-refractivity contribution in [2.24, 2.45) is 35.5 Å². The highest BCUT2D eigenvalue weighted by molar-refractivity contribution is 5.14. The van der Waals surface area contributed by atoms with Crippen molar-refractivity contribution in [2.45, 2.75) is 100 Å². The SMILES string of the molecule is C=C(CCC(C)C)CC(=C)C(CCC1CC(=C)[C@H](C(C)C)C1)C(C)C.CC. The Morgan fingerprint density at radius 2 is 1.59 bits per heavy atom. The van der Waals surface area contributed by atoms with Crippen molar-refractivity contribution in [3.63, 3.8) is 0 Å². The molecule has 2 unspecified atom stereocenters. The van der Waals surface area contributed by atoms with Gasteiger partial charge in [-0.3, -0.25) is 0 Å². The van der Waals surface area contributed by atoms with E-state index in [1.54, 1.807) is 0 Å². The summed E-state index contributed by atoms with van der Waals surface area (Å²) in [6.07, 6.45) is 8.66. The van der Waals surface area contributed by atoms with Gasteiger partial charge in [-0.2, -0.15) is 0 Å². The Hall–Kier alpha value is -0.780. The fraction of sp³-hybridized carbons (Fsp3) is 0.778. The summed E-state index contributed by atoms with van der Waals surface area (Å²) in [6, 6.07) is 0. The lowest BCUT2D eigenvalue weighted by Crippen LogP contribution is -2.14. The summed E-state index contributed by atoms with van der Waals surface area (Å²) < 4.78 is 0. The van der Waals surface area contributed by atoms with Crippen LogP contribution in [0.3, 0.4) is 0 Å². The van der Waals surface area contributed by atoms with Gasteiger partial charge in [0, 0.05) is 0 Å². The van der Waals surface area contributed by atoms with Crippen LogP contribution in [0.15, 0.2) is 36.5 Å². The van der Waals surface area contributed by atoms with Crippen molar-refractivity contribution >= 4 is 0 Å². The first-order valence-electron chi connectivity index (χ1n) is 11.6. The minimum Gasteiger partial charge on any atom is -0.0996 e. The average Bonchev–Trinajstić information content (AvgIpc) is 2.95. The van der Waals surface area contributed by atoms with Crippen molar-refractivity contribution in [3.8, 4) is 0 Å². The minimum atomic E-state index is 0.641. The molecule has 1 aliphatic carbocycles. The summed E-state index contributed by atoms with van der Waals surface area (Å²) in [7, 11) is 0. The van der Waals surface area contributed by atoms with Crippen LogP contribution in [0.4, 0.5) is 0 Å². The Labute approximate surface area is 172 Å². The molecule has 1 fully saturated rings. The zero-order valence-corrected chi connectivity index (χ0v) is 20.0. The molecule has 0 N–H and O–H groups in total. The highest BCUT2D eigenvalue weighted by Gasteiger charge is 2.30. The Kier molecular flexibility index (Phi) is 13.0. The number of allylic oxidation sites excluding steroid dienone is 3. The molecule has 27 heavy (non-hydrogen) atoms. The number of rotatable bonds is 11. The summed E-state index contributed by atoms with van der Waals surface area (Å²) in [5.41, 5.74) is 4.29. The van der Waals surface area contributed by atoms with Crippen molar-refractivity contribution < 1.29 is 0 Å². The van der Waals surface area contributed by atoms with Gasteiger partial charge in [-0.25, -0.2) is 0 Å². The lowest BCUT2D eigenvalue weighted by Gasteiger charge is -2.26. The Balaban J connectivity index is 0.00000326. The molecule has 0 heterocycles. The lowest BCUT2D eigenvalue weighted by atomic mass is 9.80. The van der Waals surface area contributed by atoms with E-state index >= 15 is 0 Å². The van der Waals surface area contributed by atoms with E-state index in [-0.39, 0.29) is 0 Å². The Morgan fingerprint density at radius 1 is 1.00 bits per heavy atom. The Bertz CT molecular complexity index is 449. The van der Waals surface area contributed by atoms with Gasteiger partial charge >= 0.3 is 0 Å². The lowest BCUT2D eigenvalue weighted by molar-refractivity contribution is 0.339.